The first kappa shape index (κ1) is 62.1. The van der Waals surface area contributed by atoms with Gasteiger partial charge in [-0.1, -0.05) is 141 Å². The first-order chi connectivity index (χ1) is 38.7. The number of allylic oxidation sites excluding steroid dienone is 2. The number of H-pyrrole nitrogens is 2. The highest BCUT2D eigenvalue weighted by molar-refractivity contribution is 7.16. The number of alkyl halides is 6. The number of halogens is 6. The Morgan fingerprint density at radius 3 is 1.14 bits per heavy atom. The lowest BCUT2D eigenvalue weighted by atomic mass is 9.90. The summed E-state index contributed by atoms with van der Waals surface area (Å²) in [4.78, 5) is 65.6. The van der Waals surface area contributed by atoms with Crippen molar-refractivity contribution in [2.75, 3.05) is 21.3 Å². The zero-order valence-electron chi connectivity index (χ0n) is 47.0. The number of carbonyl (C=O) groups excluding carboxylic acids is 2. The van der Waals surface area contributed by atoms with Crippen LogP contribution in [0.2, 0.25) is 0 Å². The number of urea groups is 2. The number of nitrogens with one attached hydrogen (secondary N) is 6. The van der Waals surface area contributed by atoms with E-state index in [9.17, 15) is 19.2 Å². The van der Waals surface area contributed by atoms with Crippen molar-refractivity contribution in [2.24, 2.45) is 0 Å². The summed E-state index contributed by atoms with van der Waals surface area (Å²) in [5, 5.41) is 10.4. The topological polar surface area (TPSA) is 174 Å². The van der Waals surface area contributed by atoms with Gasteiger partial charge in [-0.3, -0.25) is 20.2 Å². The number of aromatic nitrogens is 4. The van der Waals surface area contributed by atoms with Crippen molar-refractivity contribution in [1.29, 1.82) is 0 Å². The Kier molecular flexibility index (Phi) is 21.4. The predicted molar refractivity (Wildman–Crippen MR) is 317 cm³/mol. The SMILES string of the molecule is CCCCCCCCCCCc1cc(=O)nc(NC(=O)Nc2ccc(-c3sc(C)c(C4=C(c5c(C)sc(-c6ccc(NC(=O)Nc7nc(=O)cc(CCCCCCCCCCC)[nH]7)cc6)c5C)C(F)(F)C(F)(F)C4(F)F)c3C)cc2)[nH]1. The number of benzene rings is 2. The van der Waals surface area contributed by atoms with Crippen LogP contribution < -0.4 is 32.4 Å². The van der Waals surface area contributed by atoms with Crippen LogP contribution in [0.1, 0.15) is 173 Å². The van der Waals surface area contributed by atoms with Crippen LogP contribution in [0.5, 0.6) is 0 Å². The Morgan fingerprint density at radius 1 is 0.481 bits per heavy atom. The van der Waals surface area contributed by atoms with Gasteiger partial charge in [-0.25, -0.2) is 9.59 Å². The molecule has 1 aliphatic rings. The van der Waals surface area contributed by atoms with Crippen LogP contribution in [0.15, 0.2) is 70.3 Å². The number of amides is 4. The molecule has 81 heavy (non-hydrogen) atoms. The fourth-order valence-electron chi connectivity index (χ4n) is 10.6. The van der Waals surface area contributed by atoms with E-state index in [0.717, 1.165) is 61.2 Å². The normalized spacial score (nSPS) is 14.4. The Hall–Kier alpha value is -6.54. The van der Waals surface area contributed by atoms with Gasteiger partial charge in [-0.05, 0) is 99.9 Å². The van der Waals surface area contributed by atoms with Gasteiger partial charge in [-0.2, -0.15) is 36.3 Å². The monoisotopic (exact) mass is 1160 g/mol. The standard InChI is InChI=1S/C61H74F6N8O4S2/c1-7-9-11-13-15-17-19-21-23-25-45-35-47(76)72-55(68-45)74-57(78)70-43-31-27-41(28-32-43)53-37(3)49(39(5)80-53)51-52(60(64,65)61(66,67)59(51,62)63)50-38(4)54(81-40(50)6)42-29-33-44(34-30-42)71-58(79)75-56-69-46(36-48(77)73-56)26-24-22-20-18-16-14-12-10-8-2/h27-36H,7-26H2,1-6H3,(H3,68,70,72,74,76,78)(H3,69,71,73,75,77,79). The second-order valence-electron chi connectivity index (χ2n) is 21.1. The average molecular weight is 1160 g/mol. The van der Waals surface area contributed by atoms with E-state index in [4.69, 9.17) is 0 Å². The molecule has 7 rings (SSSR count). The maximum absolute atomic E-state index is 16.4. The van der Waals surface area contributed by atoms with Crippen molar-refractivity contribution >= 4 is 69.2 Å². The third-order valence-corrected chi connectivity index (χ3v) is 17.3. The highest BCUT2D eigenvalue weighted by Crippen LogP contribution is 2.67. The smallest absolute Gasteiger partial charge is 0.329 e. The number of carbonyl (C=O) groups is 2. The fraction of sp³-hybridized carbons (Fsp3) is 0.475. The number of aryl methyl sites for hydroxylation is 4. The van der Waals surface area contributed by atoms with E-state index in [1.54, 1.807) is 24.3 Å². The number of anilines is 4. The van der Waals surface area contributed by atoms with E-state index in [1.807, 2.05) is 0 Å². The first-order valence-electron chi connectivity index (χ1n) is 28.3. The minimum atomic E-state index is -5.79. The van der Waals surface area contributed by atoms with Crippen molar-refractivity contribution in [3.8, 4) is 20.9 Å². The van der Waals surface area contributed by atoms with Crippen LogP contribution in [-0.4, -0.2) is 49.8 Å². The van der Waals surface area contributed by atoms with Crippen molar-refractivity contribution in [3.05, 3.63) is 125 Å². The third kappa shape index (κ3) is 15.1. The molecule has 1 aliphatic carbocycles. The summed E-state index contributed by atoms with van der Waals surface area (Å²) in [6, 6.07) is 13.9. The molecule has 12 nitrogen and oxygen atoms in total. The molecular formula is C61H74F6N8O4S2. The molecule has 0 bridgehead atoms. The molecule has 0 saturated carbocycles. The summed E-state index contributed by atoms with van der Waals surface area (Å²) in [5.41, 5.74) is -1.70. The number of thiophene rings is 2. The maximum Gasteiger partial charge on any atom is 0.380 e. The summed E-state index contributed by atoms with van der Waals surface area (Å²) in [7, 11) is 0. The Bertz CT molecular complexity index is 3060. The van der Waals surface area contributed by atoms with E-state index in [-0.39, 0.29) is 32.8 Å². The Labute approximate surface area is 477 Å². The predicted octanol–water partition coefficient (Wildman–Crippen LogP) is 17.8. The molecule has 4 heterocycles. The van der Waals surface area contributed by atoms with Crippen LogP contribution >= 0.6 is 22.7 Å². The largest absolute Gasteiger partial charge is 0.380 e. The number of hydrogen-bond acceptors (Lipinski definition) is 8. The number of hydrogen-bond donors (Lipinski definition) is 6. The molecule has 0 atom stereocenters. The van der Waals surface area contributed by atoms with Gasteiger partial charge in [-0.15, -0.1) is 22.7 Å². The lowest BCUT2D eigenvalue weighted by molar-refractivity contribution is -0.254. The molecule has 6 aromatic rings. The zero-order valence-corrected chi connectivity index (χ0v) is 48.7. The van der Waals surface area contributed by atoms with Crippen molar-refractivity contribution < 1.29 is 35.9 Å². The minimum absolute atomic E-state index is 0.0295. The van der Waals surface area contributed by atoms with E-state index in [1.165, 1.54) is 141 Å². The second-order valence-corrected chi connectivity index (χ2v) is 23.6. The highest BCUT2D eigenvalue weighted by atomic mass is 32.1. The molecule has 4 amide bonds. The van der Waals surface area contributed by atoms with Gasteiger partial charge in [0.05, 0.1) is 0 Å². The van der Waals surface area contributed by atoms with Gasteiger partial charge >= 0.3 is 29.8 Å². The summed E-state index contributed by atoms with van der Waals surface area (Å²) in [6.07, 6.45) is 21.9. The van der Waals surface area contributed by atoms with Crippen LogP contribution in [0.25, 0.3) is 32.0 Å². The van der Waals surface area contributed by atoms with Gasteiger partial charge in [0.1, 0.15) is 0 Å². The number of unbranched alkanes of at least 4 members (excludes halogenated alkanes) is 16. The van der Waals surface area contributed by atoms with E-state index < -0.39 is 63.2 Å². The molecule has 436 valence electrons. The Morgan fingerprint density at radius 2 is 0.802 bits per heavy atom. The van der Waals surface area contributed by atoms with Crippen LogP contribution in [0.3, 0.4) is 0 Å². The summed E-state index contributed by atoms with van der Waals surface area (Å²) >= 11 is 1.98. The lowest BCUT2D eigenvalue weighted by Crippen LogP contribution is -2.49. The molecule has 2 aromatic carbocycles. The van der Waals surface area contributed by atoms with Crippen molar-refractivity contribution in [3.63, 3.8) is 0 Å². The molecule has 0 radical (unpaired) electrons. The van der Waals surface area contributed by atoms with Gasteiger partial charge in [0, 0.05) is 76.7 Å². The van der Waals surface area contributed by atoms with Crippen LogP contribution in [0, 0.1) is 27.7 Å². The molecule has 0 aliphatic heterocycles. The van der Waals surface area contributed by atoms with E-state index >= 15 is 26.3 Å². The molecule has 0 spiro atoms. The molecule has 6 N–H and O–H groups in total. The molecule has 0 fully saturated rings. The van der Waals surface area contributed by atoms with Gasteiger partial charge in [0.25, 0.3) is 11.1 Å². The van der Waals surface area contributed by atoms with Crippen molar-refractivity contribution in [1.82, 2.24) is 19.9 Å². The molecule has 0 saturated heterocycles. The third-order valence-electron chi connectivity index (χ3n) is 14.8. The van der Waals surface area contributed by atoms with Gasteiger partial charge < -0.3 is 20.6 Å². The van der Waals surface area contributed by atoms with Gasteiger partial charge in [0.15, 0.2) is 0 Å². The second kappa shape index (κ2) is 28.0. The molecule has 20 heteroatoms. The number of aromatic amines is 2. The van der Waals surface area contributed by atoms with Gasteiger partial charge in [0.2, 0.25) is 11.9 Å². The summed E-state index contributed by atoms with van der Waals surface area (Å²) in [6.45, 7) is 10.1. The maximum atomic E-state index is 16.4. The quantitative estimate of drug-likeness (QED) is 0.0211. The van der Waals surface area contributed by atoms with Crippen molar-refractivity contribution in [2.45, 2.75) is 188 Å². The molecule has 0 unspecified atom stereocenters. The van der Waals surface area contributed by atoms with E-state index in [2.05, 4.69) is 55.1 Å². The Balaban J connectivity index is 1.03. The lowest BCUT2D eigenvalue weighted by Gasteiger charge is -2.26. The first-order valence-corrected chi connectivity index (χ1v) is 30.0. The minimum Gasteiger partial charge on any atom is -0.329 e. The average Bonchev–Trinajstić information content (AvgIpc) is 4.14. The summed E-state index contributed by atoms with van der Waals surface area (Å²) < 4.78 is 97.3. The van der Waals surface area contributed by atoms with Crippen LogP contribution in [0.4, 0.5) is 59.2 Å². The summed E-state index contributed by atoms with van der Waals surface area (Å²) in [5.74, 6) is -16.4. The number of rotatable bonds is 28. The number of nitrogens with zero attached hydrogens (tertiary/aromatic N) is 2. The fourth-order valence-corrected chi connectivity index (χ4v) is 12.9. The molecule has 4 aromatic heterocycles. The van der Waals surface area contributed by atoms with E-state index in [0.29, 0.717) is 56.5 Å². The van der Waals surface area contributed by atoms with Crippen LogP contribution in [-0.2, 0) is 12.8 Å². The zero-order chi connectivity index (χ0) is 58.5. The highest BCUT2D eigenvalue weighted by Gasteiger charge is 2.80. The molecular weight excluding hydrogens is 1090 g/mol.